The van der Waals surface area contributed by atoms with Gasteiger partial charge < -0.3 is 10.3 Å². The van der Waals surface area contributed by atoms with E-state index in [4.69, 9.17) is 17.3 Å². The van der Waals surface area contributed by atoms with Crippen LogP contribution >= 0.6 is 23.4 Å². The number of nitrogens with zero attached hydrogens (tertiary/aromatic N) is 4. The highest BCUT2D eigenvalue weighted by molar-refractivity contribution is 7.98. The summed E-state index contributed by atoms with van der Waals surface area (Å²) >= 11 is 7.59. The molecule has 5 nitrogen and oxygen atoms in total. The molecule has 0 bridgehead atoms. The van der Waals surface area contributed by atoms with Crippen LogP contribution in [0.15, 0.2) is 23.5 Å². The Morgan fingerprint density at radius 2 is 2.28 bits per heavy atom. The summed E-state index contributed by atoms with van der Waals surface area (Å²) in [4.78, 5) is 4.04. The summed E-state index contributed by atoms with van der Waals surface area (Å²) in [5.74, 6) is 1.59. The first-order valence-electron chi connectivity index (χ1n) is 5.54. The molecular weight excluding hydrogens is 270 g/mol. The van der Waals surface area contributed by atoms with Gasteiger partial charge in [-0.25, -0.2) is 4.98 Å². The van der Waals surface area contributed by atoms with E-state index in [0.29, 0.717) is 11.7 Å². The monoisotopic (exact) mass is 283 g/mol. The molecule has 0 saturated heterocycles. The number of hydrogen-bond donors (Lipinski definition) is 1. The molecule has 0 aromatic carbocycles. The van der Waals surface area contributed by atoms with Gasteiger partial charge in [-0.3, -0.25) is 0 Å². The summed E-state index contributed by atoms with van der Waals surface area (Å²) in [7, 11) is 0. The molecule has 0 spiro atoms. The molecule has 2 aromatic heterocycles. The van der Waals surface area contributed by atoms with E-state index in [0.717, 1.165) is 28.8 Å². The number of pyridine rings is 1. The summed E-state index contributed by atoms with van der Waals surface area (Å²) < 4.78 is 2.01. The highest BCUT2D eigenvalue weighted by Gasteiger charge is 2.10. The molecule has 0 fully saturated rings. The lowest BCUT2D eigenvalue weighted by Gasteiger charge is -2.06. The van der Waals surface area contributed by atoms with Gasteiger partial charge in [-0.1, -0.05) is 29.4 Å². The third kappa shape index (κ3) is 3.01. The van der Waals surface area contributed by atoms with Crippen molar-refractivity contribution in [3.05, 3.63) is 34.9 Å². The number of rotatable bonds is 5. The van der Waals surface area contributed by atoms with Crippen molar-refractivity contribution < 1.29 is 0 Å². The van der Waals surface area contributed by atoms with Crippen molar-refractivity contribution in [1.82, 2.24) is 19.7 Å². The van der Waals surface area contributed by atoms with Crippen molar-refractivity contribution in [3.63, 3.8) is 0 Å². The first-order chi connectivity index (χ1) is 8.72. The van der Waals surface area contributed by atoms with Crippen LogP contribution in [-0.4, -0.2) is 26.3 Å². The maximum absolute atomic E-state index is 6.01. The van der Waals surface area contributed by atoms with Crippen LogP contribution in [0.1, 0.15) is 11.4 Å². The van der Waals surface area contributed by atoms with Crippen LogP contribution in [0.5, 0.6) is 0 Å². The Balaban J connectivity index is 2.09. The second kappa shape index (κ2) is 6.17. The van der Waals surface area contributed by atoms with Crippen LogP contribution in [0.4, 0.5) is 0 Å². The van der Waals surface area contributed by atoms with Crippen LogP contribution < -0.4 is 5.73 Å². The zero-order chi connectivity index (χ0) is 13.0. The largest absolute Gasteiger partial charge is 0.329 e. The molecule has 2 heterocycles. The molecular formula is C11H14ClN5S. The van der Waals surface area contributed by atoms with E-state index in [2.05, 4.69) is 15.2 Å². The fraction of sp³-hybridized carbons (Fsp3) is 0.364. The lowest BCUT2D eigenvalue weighted by atomic mass is 10.3. The summed E-state index contributed by atoms with van der Waals surface area (Å²) in [5, 5.41) is 9.59. The van der Waals surface area contributed by atoms with Crippen LogP contribution in [0.2, 0.25) is 5.15 Å². The third-order valence-corrected chi connectivity index (χ3v) is 3.80. The van der Waals surface area contributed by atoms with Gasteiger partial charge in [0.1, 0.15) is 11.0 Å². The minimum atomic E-state index is 0.534. The van der Waals surface area contributed by atoms with E-state index < -0.39 is 0 Å². The molecule has 96 valence electrons. The van der Waals surface area contributed by atoms with Gasteiger partial charge in [0, 0.05) is 25.0 Å². The average molecular weight is 284 g/mol. The molecule has 2 rings (SSSR count). The van der Waals surface area contributed by atoms with Crippen LogP contribution in [0.25, 0.3) is 0 Å². The molecule has 18 heavy (non-hydrogen) atoms. The summed E-state index contributed by atoms with van der Waals surface area (Å²) in [6.07, 6.45) is 1.68. The Morgan fingerprint density at radius 3 is 3.00 bits per heavy atom. The van der Waals surface area contributed by atoms with Gasteiger partial charge in [0.25, 0.3) is 0 Å². The predicted molar refractivity (Wildman–Crippen MR) is 72.6 cm³/mol. The number of halogens is 1. The number of nitrogens with two attached hydrogens (primary N) is 1. The second-order valence-electron chi connectivity index (χ2n) is 3.71. The molecule has 0 radical (unpaired) electrons. The Labute approximate surface area is 115 Å². The quantitative estimate of drug-likeness (QED) is 0.670. The van der Waals surface area contributed by atoms with Gasteiger partial charge in [-0.2, -0.15) is 0 Å². The van der Waals surface area contributed by atoms with Crippen LogP contribution in [0.3, 0.4) is 0 Å². The first kappa shape index (κ1) is 13.3. The van der Waals surface area contributed by atoms with Gasteiger partial charge in [-0.15, -0.1) is 10.2 Å². The molecule has 0 atom stereocenters. The van der Waals surface area contributed by atoms with Crippen molar-refractivity contribution in [3.8, 4) is 0 Å². The SMILES string of the molecule is Cc1nnc(SCc2cccnc2Cl)n1CCN. The van der Waals surface area contributed by atoms with E-state index in [-0.39, 0.29) is 0 Å². The molecule has 0 aliphatic heterocycles. The molecule has 7 heteroatoms. The minimum Gasteiger partial charge on any atom is -0.329 e. The maximum atomic E-state index is 6.01. The van der Waals surface area contributed by atoms with E-state index in [1.54, 1.807) is 18.0 Å². The standard InChI is InChI=1S/C11H14ClN5S/c1-8-15-16-11(17(8)6-4-13)18-7-9-3-2-5-14-10(9)12/h2-3,5H,4,6-7,13H2,1H3. The molecule has 0 unspecified atom stereocenters. The minimum absolute atomic E-state index is 0.534. The Bertz CT molecular complexity index is 528. The van der Waals surface area contributed by atoms with Gasteiger partial charge >= 0.3 is 0 Å². The topological polar surface area (TPSA) is 69.6 Å². The third-order valence-electron chi connectivity index (χ3n) is 2.45. The van der Waals surface area contributed by atoms with Crippen molar-refractivity contribution in [2.24, 2.45) is 5.73 Å². The lowest BCUT2D eigenvalue weighted by molar-refractivity contribution is 0.627. The number of hydrogen-bond acceptors (Lipinski definition) is 5. The number of aromatic nitrogens is 4. The number of aryl methyl sites for hydroxylation is 1. The molecule has 0 aliphatic carbocycles. The first-order valence-corrected chi connectivity index (χ1v) is 6.90. The fourth-order valence-electron chi connectivity index (χ4n) is 1.52. The predicted octanol–water partition coefficient (Wildman–Crippen LogP) is 1.89. The van der Waals surface area contributed by atoms with Gasteiger partial charge in [0.15, 0.2) is 5.16 Å². The summed E-state index contributed by atoms with van der Waals surface area (Å²) in [6, 6.07) is 3.83. The summed E-state index contributed by atoms with van der Waals surface area (Å²) in [6.45, 7) is 3.21. The molecule has 2 N–H and O–H groups in total. The maximum Gasteiger partial charge on any atom is 0.191 e. The van der Waals surface area contributed by atoms with Gasteiger partial charge in [0.2, 0.25) is 0 Å². The van der Waals surface area contributed by atoms with Crippen LogP contribution in [0, 0.1) is 6.92 Å². The van der Waals surface area contributed by atoms with E-state index >= 15 is 0 Å². The zero-order valence-electron chi connectivity index (χ0n) is 10.0. The Hall–Kier alpha value is -1.11. The molecule has 0 amide bonds. The van der Waals surface area contributed by atoms with E-state index in [1.165, 1.54) is 0 Å². The lowest BCUT2D eigenvalue weighted by Crippen LogP contribution is -2.12. The normalized spacial score (nSPS) is 10.8. The molecule has 0 aliphatic rings. The van der Waals surface area contributed by atoms with Crippen LogP contribution in [-0.2, 0) is 12.3 Å². The zero-order valence-corrected chi connectivity index (χ0v) is 11.6. The number of thioether (sulfide) groups is 1. The van der Waals surface area contributed by atoms with Crippen molar-refractivity contribution in [1.29, 1.82) is 0 Å². The Morgan fingerprint density at radius 1 is 1.44 bits per heavy atom. The average Bonchev–Trinajstić information content (AvgIpc) is 2.71. The highest BCUT2D eigenvalue weighted by atomic mass is 35.5. The van der Waals surface area contributed by atoms with Crippen molar-refractivity contribution in [2.45, 2.75) is 24.4 Å². The van der Waals surface area contributed by atoms with E-state index in [9.17, 15) is 0 Å². The fourth-order valence-corrected chi connectivity index (χ4v) is 2.78. The molecule has 0 saturated carbocycles. The van der Waals surface area contributed by atoms with Crippen molar-refractivity contribution in [2.75, 3.05) is 6.54 Å². The molecule has 2 aromatic rings. The second-order valence-corrected chi connectivity index (χ2v) is 5.01. The van der Waals surface area contributed by atoms with E-state index in [1.807, 2.05) is 23.6 Å². The van der Waals surface area contributed by atoms with Gasteiger partial charge in [-0.05, 0) is 18.6 Å². The Kier molecular flexibility index (Phi) is 4.57. The van der Waals surface area contributed by atoms with Gasteiger partial charge in [0.05, 0.1) is 0 Å². The van der Waals surface area contributed by atoms with Crippen molar-refractivity contribution >= 4 is 23.4 Å². The highest BCUT2D eigenvalue weighted by Crippen LogP contribution is 2.24. The smallest absolute Gasteiger partial charge is 0.191 e. The summed E-state index contributed by atoms with van der Waals surface area (Å²) in [5.41, 5.74) is 6.56.